The first-order valence-electron chi connectivity index (χ1n) is 31.0. The molecule has 0 aliphatic heterocycles. The molecule has 0 spiro atoms. The number of terminal acetylenes is 12. The summed E-state index contributed by atoms with van der Waals surface area (Å²) in [5.41, 5.74) is 23.4. The Hall–Kier alpha value is -14.9. The molecule has 0 saturated heterocycles. The van der Waals surface area contributed by atoms with Gasteiger partial charge in [-0.15, -0.1) is 77.1 Å². The van der Waals surface area contributed by atoms with Crippen molar-refractivity contribution < 1.29 is 0 Å². The molecule has 13 rings (SSSR count). The van der Waals surface area contributed by atoms with Crippen molar-refractivity contribution in [2.75, 3.05) is 0 Å². The average molecular weight is 1230 g/mol. The van der Waals surface area contributed by atoms with Crippen molar-refractivity contribution in [2.24, 2.45) is 0 Å². The highest BCUT2D eigenvalue weighted by atomic mass is 14.3. The van der Waals surface area contributed by atoms with Crippen molar-refractivity contribution >= 4 is 21.5 Å². The zero-order valence-electron chi connectivity index (χ0n) is 52.9. The lowest BCUT2D eigenvalue weighted by atomic mass is 9.81. The maximum Gasteiger partial charge on any atom is 0.0477 e. The zero-order valence-corrected chi connectivity index (χ0v) is 52.9. The Bertz CT molecular complexity index is 5730. The van der Waals surface area contributed by atoms with E-state index in [-0.39, 0.29) is 0 Å². The second kappa shape index (κ2) is 26.4. The molecule has 0 saturated carbocycles. The third-order valence-corrected chi connectivity index (χ3v) is 18.0. The predicted octanol–water partition coefficient (Wildman–Crippen LogP) is 20.4. The Balaban J connectivity index is 1.16. The van der Waals surface area contributed by atoms with Crippen LogP contribution >= 0.6 is 0 Å². The monoisotopic (exact) mass is 1230 g/mol. The minimum atomic E-state index is 0.569. The average Bonchev–Trinajstić information content (AvgIpc) is 0.730. The third-order valence-electron chi connectivity index (χ3n) is 18.0. The highest BCUT2D eigenvalue weighted by Gasteiger charge is 2.24. The van der Waals surface area contributed by atoms with Crippen LogP contribution in [0.25, 0.3) is 133 Å². The molecular weight excluding hydrogens is 1180 g/mol. The molecule has 0 aliphatic rings. The van der Waals surface area contributed by atoms with Crippen molar-refractivity contribution in [2.45, 2.75) is 0 Å². The molecule has 0 bridgehead atoms. The first-order chi connectivity index (χ1) is 48.1. The number of rotatable bonds is 10. The molecule has 13 aromatic rings. The highest BCUT2D eigenvalue weighted by Crippen LogP contribution is 2.49. The molecule has 0 heteroatoms. The van der Waals surface area contributed by atoms with Crippen LogP contribution in [0.15, 0.2) is 231 Å². The number of fused-ring (bicyclic) bond motifs is 2. The van der Waals surface area contributed by atoms with E-state index < -0.39 is 0 Å². The molecule has 0 unspecified atom stereocenters. The van der Waals surface area contributed by atoms with Crippen LogP contribution in [0, 0.1) is 148 Å². The minimum absolute atomic E-state index is 0.569. The molecule has 98 heavy (non-hydrogen) atoms. The van der Waals surface area contributed by atoms with Crippen molar-refractivity contribution in [3.8, 4) is 259 Å². The van der Waals surface area contributed by atoms with Crippen molar-refractivity contribution in [1.29, 1.82) is 0 Å². The summed E-state index contributed by atoms with van der Waals surface area (Å²) in [6.45, 7) is 0. The van der Waals surface area contributed by atoms with Crippen molar-refractivity contribution in [1.82, 2.24) is 0 Å². The van der Waals surface area contributed by atoms with Gasteiger partial charge >= 0.3 is 0 Å². The topological polar surface area (TPSA) is 0 Å². The smallest absolute Gasteiger partial charge is 0.0477 e. The second-order valence-electron chi connectivity index (χ2n) is 23.1. The summed E-state index contributed by atoms with van der Waals surface area (Å²) >= 11 is 0. The molecule has 0 N–H and O–H groups in total. The van der Waals surface area contributed by atoms with Gasteiger partial charge in [0, 0.05) is 66.8 Å². The molecule has 0 atom stereocenters. The second-order valence-corrected chi connectivity index (χ2v) is 23.1. The van der Waals surface area contributed by atoms with Crippen LogP contribution in [0.1, 0.15) is 66.8 Å². The Morgan fingerprint density at radius 3 is 0.673 bits per heavy atom. The molecule has 0 radical (unpaired) electrons. The van der Waals surface area contributed by atoms with Crippen LogP contribution < -0.4 is 0 Å². The maximum absolute atomic E-state index is 6.39. The van der Waals surface area contributed by atoms with E-state index in [1.807, 2.05) is 109 Å². The fraction of sp³-hybridized carbons (Fsp3) is 0. The zero-order chi connectivity index (χ0) is 68.1. The highest BCUT2D eigenvalue weighted by molar-refractivity contribution is 6.22. The fourth-order valence-electron chi connectivity index (χ4n) is 13.6. The number of hydrogen-bond donors (Lipinski definition) is 0. The van der Waals surface area contributed by atoms with Gasteiger partial charge in [0.15, 0.2) is 0 Å². The maximum atomic E-state index is 6.39. The van der Waals surface area contributed by atoms with E-state index in [0.717, 1.165) is 133 Å². The first-order valence-corrected chi connectivity index (χ1v) is 31.0. The summed E-state index contributed by atoms with van der Waals surface area (Å²) in [6, 6.07) is 77.3. The van der Waals surface area contributed by atoms with Gasteiger partial charge in [-0.3, -0.25) is 0 Å². The number of benzene rings is 13. The van der Waals surface area contributed by atoms with Gasteiger partial charge in [0.1, 0.15) is 0 Å². The van der Waals surface area contributed by atoms with Gasteiger partial charge in [-0.05, 0) is 230 Å². The molecule has 442 valence electrons. The van der Waals surface area contributed by atoms with Crippen LogP contribution in [0.5, 0.6) is 0 Å². The van der Waals surface area contributed by atoms with E-state index >= 15 is 0 Å². The largest absolute Gasteiger partial charge is 0.115 e. The molecular formula is C98H50. The van der Waals surface area contributed by atoms with Crippen LogP contribution in [-0.4, -0.2) is 0 Å². The molecule has 0 heterocycles. The van der Waals surface area contributed by atoms with Crippen molar-refractivity contribution in [3.63, 3.8) is 0 Å². The van der Waals surface area contributed by atoms with Gasteiger partial charge in [-0.25, -0.2) is 0 Å². The Kier molecular flexibility index (Phi) is 16.7. The van der Waals surface area contributed by atoms with E-state index in [4.69, 9.17) is 77.1 Å². The summed E-state index contributed by atoms with van der Waals surface area (Å²) < 4.78 is 0. The molecule has 0 aromatic heterocycles. The Labute approximate surface area is 574 Å². The Morgan fingerprint density at radius 1 is 0.153 bits per heavy atom. The van der Waals surface area contributed by atoms with Gasteiger partial charge in [-0.2, -0.15) is 0 Å². The predicted molar refractivity (Wildman–Crippen MR) is 411 cm³/mol. The van der Waals surface area contributed by atoms with E-state index in [2.05, 4.69) is 192 Å². The summed E-state index contributed by atoms with van der Waals surface area (Å²) in [5, 5.41) is 3.89. The molecule has 13 aromatic carbocycles. The van der Waals surface area contributed by atoms with Crippen LogP contribution in [0.3, 0.4) is 0 Å². The summed E-state index contributed by atoms with van der Waals surface area (Å²) in [4.78, 5) is 0. The molecule has 0 fully saturated rings. The standard InChI is InChI=1S/C98H50/c1-13-63-35-29-45-85(79(63)19-7)74-54-72(55-75(60-74)86-46-30-36-64(14-2)80(86)20-8)70-53-71(73-56-76(87-47-31-37-65(15-3)81(87)21-9)61-77(57-73)88-48-32-38-66(16-4)82(88)22-10)59-78(58-70)98-94-43-27-25-41-92(94)97(93-42-26-28-44-95(93)98)69-51-52-91(89-49-33-39-67(17-5)83(89)23-11)96(62-69)90-50-34-40-68(18-6)84(90)24-12/h1-12,25-62H. The summed E-state index contributed by atoms with van der Waals surface area (Å²) in [6.07, 6.45) is 75.1. The van der Waals surface area contributed by atoms with E-state index in [1.165, 1.54) is 0 Å². The molecule has 0 aliphatic carbocycles. The van der Waals surface area contributed by atoms with Gasteiger partial charge < -0.3 is 0 Å². The lowest BCUT2D eigenvalue weighted by Gasteiger charge is -2.21. The minimum Gasteiger partial charge on any atom is -0.115 e. The molecule has 0 nitrogen and oxygen atoms in total. The third kappa shape index (κ3) is 10.7. The SMILES string of the molecule is C#Cc1cccc(-c2cc(-c3cc(-c4cc(-c5cccc(C#C)c5C#C)cc(-c5cccc(C#C)c5C#C)c4)cc(-c4c5ccccc5c(-c5ccc(-c6cccc(C#C)c6C#C)c(-c6cccc(C#C)c6C#C)c5)c5ccccc45)c3)cc(-c3cccc(C#C)c3C#C)c2)c1C#C. The quantitative estimate of drug-likeness (QED) is 0.0946. The van der Waals surface area contributed by atoms with E-state index in [1.54, 1.807) is 0 Å². The lowest BCUT2D eigenvalue weighted by molar-refractivity contribution is 1.51. The normalized spacial score (nSPS) is 10.3. The van der Waals surface area contributed by atoms with Gasteiger partial charge in [0.25, 0.3) is 0 Å². The Morgan fingerprint density at radius 2 is 0.388 bits per heavy atom. The lowest BCUT2D eigenvalue weighted by Crippen LogP contribution is -1.97. The summed E-state index contributed by atoms with van der Waals surface area (Å²) in [7, 11) is 0. The summed E-state index contributed by atoms with van der Waals surface area (Å²) in [5.74, 6) is 34.4. The number of hydrogen-bond acceptors (Lipinski definition) is 0. The van der Waals surface area contributed by atoms with E-state index in [9.17, 15) is 0 Å². The van der Waals surface area contributed by atoms with Gasteiger partial charge in [0.05, 0.1) is 0 Å². The fourth-order valence-corrected chi connectivity index (χ4v) is 13.6. The van der Waals surface area contributed by atoms with Gasteiger partial charge in [-0.1, -0.05) is 205 Å². The van der Waals surface area contributed by atoms with Crippen LogP contribution in [0.4, 0.5) is 0 Å². The van der Waals surface area contributed by atoms with Crippen LogP contribution in [0.2, 0.25) is 0 Å². The van der Waals surface area contributed by atoms with Crippen molar-refractivity contribution in [3.05, 3.63) is 297 Å². The molecule has 0 amide bonds. The van der Waals surface area contributed by atoms with E-state index in [0.29, 0.717) is 66.8 Å². The van der Waals surface area contributed by atoms with Crippen LogP contribution in [-0.2, 0) is 0 Å². The van der Waals surface area contributed by atoms with Gasteiger partial charge in [0.2, 0.25) is 0 Å². The first kappa shape index (κ1) is 61.9.